The van der Waals surface area contributed by atoms with Crippen molar-refractivity contribution >= 4 is 27.2 Å². The number of aromatic nitrogens is 3. The molecule has 1 aromatic carbocycles. The summed E-state index contributed by atoms with van der Waals surface area (Å²) in [5.74, 6) is -1.50. The second-order valence-electron chi connectivity index (χ2n) is 6.25. The van der Waals surface area contributed by atoms with Crippen molar-refractivity contribution in [2.24, 2.45) is 11.7 Å². The van der Waals surface area contributed by atoms with E-state index in [0.717, 1.165) is 12.1 Å². The van der Waals surface area contributed by atoms with Crippen molar-refractivity contribution in [3.63, 3.8) is 0 Å². The van der Waals surface area contributed by atoms with E-state index in [1.165, 1.54) is 24.5 Å². The SMILES string of the molecule is CC(Cc1c(-c2ccc(OS(=O)(=O)C(F)(F)F)cc2)[nH]c2nccnc12)C(N)=O. The van der Waals surface area contributed by atoms with Gasteiger partial charge < -0.3 is 14.9 Å². The first kappa shape index (κ1) is 20.6. The first-order valence-corrected chi connectivity index (χ1v) is 9.62. The molecule has 0 spiro atoms. The highest BCUT2D eigenvalue weighted by molar-refractivity contribution is 7.88. The van der Waals surface area contributed by atoms with E-state index in [4.69, 9.17) is 5.73 Å². The number of hydrogen-bond donors (Lipinski definition) is 2. The Hall–Kier alpha value is -3.15. The summed E-state index contributed by atoms with van der Waals surface area (Å²) in [4.78, 5) is 23.0. The van der Waals surface area contributed by atoms with E-state index in [2.05, 4.69) is 19.1 Å². The first-order chi connectivity index (χ1) is 13.5. The van der Waals surface area contributed by atoms with Gasteiger partial charge in [-0.05, 0) is 36.2 Å². The molecule has 0 fully saturated rings. The summed E-state index contributed by atoms with van der Waals surface area (Å²) < 4.78 is 63.7. The number of nitrogens with one attached hydrogen (secondary N) is 1. The topological polar surface area (TPSA) is 128 Å². The highest BCUT2D eigenvalue weighted by Gasteiger charge is 2.48. The Morgan fingerprint density at radius 3 is 2.41 bits per heavy atom. The lowest BCUT2D eigenvalue weighted by Gasteiger charge is -2.11. The Bertz CT molecular complexity index is 1160. The number of fused-ring (bicyclic) bond motifs is 1. The molecule has 0 aliphatic rings. The number of nitrogens with two attached hydrogens (primary N) is 1. The molecule has 0 saturated heterocycles. The number of carbonyl (C=O) groups is 1. The number of nitrogens with zero attached hydrogens (tertiary/aromatic N) is 2. The molecule has 1 atom stereocenters. The van der Waals surface area contributed by atoms with E-state index in [1.807, 2.05) is 0 Å². The molecule has 3 aromatic rings. The lowest BCUT2D eigenvalue weighted by molar-refractivity contribution is -0.121. The molecule has 154 valence electrons. The van der Waals surface area contributed by atoms with Crippen molar-refractivity contribution < 1.29 is 30.6 Å². The molecule has 1 amide bonds. The highest BCUT2D eigenvalue weighted by atomic mass is 32.2. The quantitative estimate of drug-likeness (QED) is 0.459. The smallest absolute Gasteiger partial charge is 0.376 e. The summed E-state index contributed by atoms with van der Waals surface area (Å²) in [5.41, 5.74) is 2.48. The molecule has 0 bridgehead atoms. The molecule has 0 radical (unpaired) electrons. The van der Waals surface area contributed by atoms with Gasteiger partial charge in [-0.25, -0.2) is 4.98 Å². The minimum atomic E-state index is -5.76. The molecule has 12 heteroatoms. The molecule has 2 aromatic heterocycles. The highest BCUT2D eigenvalue weighted by Crippen LogP contribution is 2.32. The third-order valence-electron chi connectivity index (χ3n) is 4.16. The van der Waals surface area contributed by atoms with Crippen LogP contribution in [0.4, 0.5) is 13.2 Å². The lowest BCUT2D eigenvalue weighted by Crippen LogP contribution is -2.28. The fourth-order valence-corrected chi connectivity index (χ4v) is 3.12. The Morgan fingerprint density at radius 1 is 1.21 bits per heavy atom. The largest absolute Gasteiger partial charge is 0.534 e. The minimum Gasteiger partial charge on any atom is -0.376 e. The van der Waals surface area contributed by atoms with Gasteiger partial charge >= 0.3 is 15.6 Å². The van der Waals surface area contributed by atoms with Gasteiger partial charge in [0, 0.05) is 23.9 Å². The van der Waals surface area contributed by atoms with Gasteiger partial charge in [0.2, 0.25) is 5.91 Å². The van der Waals surface area contributed by atoms with Crippen LogP contribution in [-0.4, -0.2) is 34.8 Å². The van der Waals surface area contributed by atoms with Gasteiger partial charge in [-0.3, -0.25) is 9.78 Å². The Balaban J connectivity index is 1.99. The number of amides is 1. The van der Waals surface area contributed by atoms with Crippen LogP contribution in [0.2, 0.25) is 0 Å². The fraction of sp³-hybridized carbons (Fsp3) is 0.235. The molecule has 1 unspecified atom stereocenters. The van der Waals surface area contributed by atoms with Gasteiger partial charge in [-0.2, -0.15) is 21.6 Å². The first-order valence-electron chi connectivity index (χ1n) is 8.21. The van der Waals surface area contributed by atoms with Crippen LogP contribution in [0.1, 0.15) is 12.5 Å². The number of alkyl halides is 3. The van der Waals surface area contributed by atoms with Crippen molar-refractivity contribution in [2.45, 2.75) is 18.9 Å². The van der Waals surface area contributed by atoms with Crippen LogP contribution in [0.3, 0.4) is 0 Å². The second-order valence-corrected chi connectivity index (χ2v) is 7.79. The van der Waals surface area contributed by atoms with Gasteiger partial charge in [-0.15, -0.1) is 0 Å². The summed E-state index contributed by atoms with van der Waals surface area (Å²) >= 11 is 0. The van der Waals surface area contributed by atoms with Gasteiger partial charge in [0.1, 0.15) is 11.3 Å². The van der Waals surface area contributed by atoms with Crippen LogP contribution in [0.25, 0.3) is 22.4 Å². The summed E-state index contributed by atoms with van der Waals surface area (Å²) in [6, 6.07) is 4.94. The molecule has 29 heavy (non-hydrogen) atoms. The van der Waals surface area contributed by atoms with Crippen molar-refractivity contribution in [1.29, 1.82) is 0 Å². The van der Waals surface area contributed by atoms with E-state index < -0.39 is 33.2 Å². The van der Waals surface area contributed by atoms with Crippen LogP contribution in [0.15, 0.2) is 36.7 Å². The van der Waals surface area contributed by atoms with Crippen molar-refractivity contribution in [3.8, 4) is 17.0 Å². The van der Waals surface area contributed by atoms with Gasteiger partial charge in [0.15, 0.2) is 5.65 Å². The summed E-state index contributed by atoms with van der Waals surface area (Å²) in [6.45, 7) is 1.65. The van der Waals surface area contributed by atoms with Crippen LogP contribution < -0.4 is 9.92 Å². The zero-order chi connectivity index (χ0) is 21.4. The predicted octanol–water partition coefficient (Wildman–Crippen LogP) is 2.52. The maximum atomic E-state index is 12.5. The van der Waals surface area contributed by atoms with Crippen LogP contribution >= 0.6 is 0 Å². The predicted molar refractivity (Wildman–Crippen MR) is 97.0 cm³/mol. The van der Waals surface area contributed by atoms with Crippen molar-refractivity contribution in [1.82, 2.24) is 15.0 Å². The summed E-state index contributed by atoms with van der Waals surface area (Å²) in [5, 5.41) is 0. The molecule has 3 N–H and O–H groups in total. The molecule has 8 nitrogen and oxygen atoms in total. The van der Waals surface area contributed by atoms with Crippen LogP contribution in [0.5, 0.6) is 5.75 Å². The maximum absolute atomic E-state index is 12.5. The van der Waals surface area contributed by atoms with Crippen molar-refractivity contribution in [3.05, 3.63) is 42.2 Å². The zero-order valence-corrected chi connectivity index (χ0v) is 15.7. The number of halogens is 3. The molecule has 0 aliphatic heterocycles. The van der Waals surface area contributed by atoms with Gasteiger partial charge in [0.25, 0.3) is 0 Å². The number of H-pyrrole nitrogens is 1. The maximum Gasteiger partial charge on any atom is 0.534 e. The average Bonchev–Trinajstić information content (AvgIpc) is 2.99. The molecule has 2 heterocycles. The standard InChI is InChI=1S/C17H15F3N4O4S/c1-9(15(21)25)8-12-13(24-16-14(12)22-6-7-23-16)10-2-4-11(5-3-10)28-29(26,27)17(18,19)20/h2-7,9H,8H2,1H3,(H2,21,25)(H,23,24). The van der Waals surface area contributed by atoms with Crippen molar-refractivity contribution in [2.75, 3.05) is 0 Å². The Labute approximate surface area is 163 Å². The number of carbonyl (C=O) groups excluding carboxylic acids is 1. The number of benzene rings is 1. The molecular weight excluding hydrogens is 413 g/mol. The Morgan fingerprint density at radius 2 is 1.83 bits per heavy atom. The number of aromatic amines is 1. The van der Waals surface area contributed by atoms with Gasteiger partial charge in [-0.1, -0.05) is 6.92 Å². The normalized spacial score (nSPS) is 13.4. The van der Waals surface area contributed by atoms with Gasteiger partial charge in [0.05, 0.1) is 5.69 Å². The van der Waals surface area contributed by atoms with E-state index in [9.17, 15) is 26.4 Å². The monoisotopic (exact) mass is 428 g/mol. The molecule has 0 aliphatic carbocycles. The lowest BCUT2D eigenvalue weighted by atomic mass is 9.97. The van der Waals surface area contributed by atoms with E-state index in [0.29, 0.717) is 28.0 Å². The number of hydrogen-bond acceptors (Lipinski definition) is 6. The average molecular weight is 428 g/mol. The molecular formula is C17H15F3N4O4S. The second kappa shape index (κ2) is 7.35. The number of rotatable bonds is 6. The Kier molecular flexibility index (Phi) is 5.22. The van der Waals surface area contributed by atoms with E-state index in [-0.39, 0.29) is 6.42 Å². The summed E-state index contributed by atoms with van der Waals surface area (Å²) in [6.07, 6.45) is 3.21. The number of primary amides is 1. The minimum absolute atomic E-state index is 0.254. The van der Waals surface area contributed by atoms with Crippen LogP contribution in [0, 0.1) is 5.92 Å². The van der Waals surface area contributed by atoms with E-state index >= 15 is 0 Å². The third-order valence-corrected chi connectivity index (χ3v) is 5.14. The third kappa shape index (κ3) is 4.16. The zero-order valence-electron chi connectivity index (χ0n) is 14.9. The fourth-order valence-electron chi connectivity index (χ4n) is 2.67. The molecule has 0 saturated carbocycles. The molecule has 3 rings (SSSR count). The summed E-state index contributed by atoms with van der Waals surface area (Å²) in [7, 11) is -5.76. The van der Waals surface area contributed by atoms with E-state index in [1.54, 1.807) is 6.92 Å². The van der Waals surface area contributed by atoms with Crippen LogP contribution in [-0.2, 0) is 21.3 Å².